The summed E-state index contributed by atoms with van der Waals surface area (Å²) < 4.78 is 16.5. The Hall–Kier alpha value is -2.15. The van der Waals surface area contributed by atoms with E-state index in [1.54, 1.807) is 12.1 Å². The molecular weight excluding hydrogens is 340 g/mol. The van der Waals surface area contributed by atoms with Gasteiger partial charge in [0.1, 0.15) is 0 Å². The van der Waals surface area contributed by atoms with Crippen molar-refractivity contribution in [2.24, 2.45) is 0 Å². The maximum Gasteiger partial charge on any atom is 0.324 e. The summed E-state index contributed by atoms with van der Waals surface area (Å²) in [7, 11) is 2.94. The molecule has 2 rings (SSSR count). The zero-order valence-electron chi connectivity index (χ0n) is 11.4. The molecule has 1 unspecified atom stereocenters. The molecule has 0 N–H and O–H groups in total. The molecule has 2 aromatic rings. The van der Waals surface area contributed by atoms with E-state index < -0.39 is 6.10 Å². The van der Waals surface area contributed by atoms with Gasteiger partial charge in [-0.15, -0.1) is 0 Å². The van der Waals surface area contributed by atoms with E-state index in [1.807, 2.05) is 12.1 Å². The molecule has 0 amide bonds. The van der Waals surface area contributed by atoms with Crippen molar-refractivity contribution in [3.63, 3.8) is 0 Å². The Morgan fingerprint density at radius 1 is 1.10 bits per heavy atom. The largest absolute Gasteiger partial charge is 0.481 e. The van der Waals surface area contributed by atoms with Crippen molar-refractivity contribution < 1.29 is 19.0 Å². The molecule has 110 valence electrons. The SMILES string of the molecule is COc1cc(OC)nc(OC(C=O)c2ccc(Br)cc2)n1. The molecule has 0 saturated heterocycles. The van der Waals surface area contributed by atoms with E-state index in [0.29, 0.717) is 11.8 Å². The molecule has 7 heteroatoms. The number of carbonyl (C=O) groups is 1. The predicted octanol–water partition coefficient (Wildman–Crippen LogP) is 2.58. The first-order valence-corrected chi connectivity index (χ1v) is 6.80. The maximum atomic E-state index is 11.2. The third-order valence-electron chi connectivity index (χ3n) is 2.63. The topological polar surface area (TPSA) is 70.5 Å². The van der Waals surface area contributed by atoms with E-state index in [1.165, 1.54) is 20.3 Å². The van der Waals surface area contributed by atoms with Crippen LogP contribution < -0.4 is 14.2 Å². The molecule has 0 saturated carbocycles. The summed E-state index contributed by atoms with van der Waals surface area (Å²) in [6.07, 6.45) is -0.131. The highest BCUT2D eigenvalue weighted by Gasteiger charge is 2.15. The van der Waals surface area contributed by atoms with Crippen LogP contribution >= 0.6 is 15.9 Å². The molecule has 0 bridgehead atoms. The first-order valence-electron chi connectivity index (χ1n) is 6.00. The average molecular weight is 353 g/mol. The van der Waals surface area contributed by atoms with E-state index in [0.717, 1.165) is 4.47 Å². The van der Waals surface area contributed by atoms with Gasteiger partial charge in [0.05, 0.1) is 20.3 Å². The summed E-state index contributed by atoms with van der Waals surface area (Å²) >= 11 is 3.33. The summed E-state index contributed by atoms with van der Waals surface area (Å²) in [6, 6.07) is 8.72. The number of methoxy groups -OCH3 is 2. The average Bonchev–Trinajstić information content (AvgIpc) is 2.53. The Kier molecular flexibility index (Phi) is 5.10. The standard InChI is InChI=1S/C14H13BrN2O4/c1-19-12-7-13(20-2)17-14(16-12)21-11(8-18)9-3-5-10(15)6-4-9/h3-8,11H,1-2H3. The number of hydrogen-bond acceptors (Lipinski definition) is 6. The van der Waals surface area contributed by atoms with Gasteiger partial charge in [0.15, 0.2) is 12.4 Å². The van der Waals surface area contributed by atoms with Crippen LogP contribution in [0.25, 0.3) is 0 Å². The number of hydrogen-bond donors (Lipinski definition) is 0. The Labute approximate surface area is 130 Å². The number of rotatable bonds is 6. The van der Waals surface area contributed by atoms with Crippen molar-refractivity contribution in [3.05, 3.63) is 40.4 Å². The van der Waals surface area contributed by atoms with Gasteiger partial charge in [-0.2, -0.15) is 9.97 Å². The summed E-state index contributed by atoms with van der Waals surface area (Å²) in [5, 5.41) is 0. The molecule has 0 aliphatic heterocycles. The van der Waals surface area contributed by atoms with Crippen LogP contribution in [0, 0.1) is 0 Å². The number of benzene rings is 1. The summed E-state index contributed by atoms with van der Waals surface area (Å²) in [6.45, 7) is 0. The first kappa shape index (κ1) is 15.2. The molecule has 1 aromatic heterocycles. The maximum absolute atomic E-state index is 11.2. The number of aldehydes is 1. The van der Waals surface area contributed by atoms with Gasteiger partial charge in [-0.1, -0.05) is 28.1 Å². The molecule has 21 heavy (non-hydrogen) atoms. The lowest BCUT2D eigenvalue weighted by atomic mass is 10.1. The smallest absolute Gasteiger partial charge is 0.324 e. The Bertz CT molecular complexity index is 597. The number of nitrogens with zero attached hydrogens (tertiary/aromatic N) is 2. The summed E-state index contributed by atoms with van der Waals surface area (Å²) in [5.41, 5.74) is 0.693. The molecule has 0 spiro atoms. The van der Waals surface area contributed by atoms with E-state index in [9.17, 15) is 4.79 Å². The molecule has 0 radical (unpaired) electrons. The van der Waals surface area contributed by atoms with Crippen molar-refractivity contribution in [2.45, 2.75) is 6.10 Å². The van der Waals surface area contributed by atoms with Crippen molar-refractivity contribution in [3.8, 4) is 17.8 Å². The van der Waals surface area contributed by atoms with E-state index in [4.69, 9.17) is 14.2 Å². The van der Waals surface area contributed by atoms with Gasteiger partial charge >= 0.3 is 6.01 Å². The second-order valence-electron chi connectivity index (χ2n) is 3.96. The second kappa shape index (κ2) is 7.03. The normalized spacial score (nSPS) is 11.6. The van der Waals surface area contributed by atoms with Crippen molar-refractivity contribution in [1.82, 2.24) is 9.97 Å². The summed E-state index contributed by atoms with van der Waals surface area (Å²) in [4.78, 5) is 19.3. The lowest BCUT2D eigenvalue weighted by molar-refractivity contribution is -0.114. The fraction of sp³-hybridized carbons (Fsp3) is 0.214. The Morgan fingerprint density at radius 3 is 2.14 bits per heavy atom. The number of ether oxygens (including phenoxy) is 3. The lowest BCUT2D eigenvalue weighted by Gasteiger charge is -2.13. The fourth-order valence-electron chi connectivity index (χ4n) is 1.59. The molecule has 1 atom stereocenters. The highest BCUT2D eigenvalue weighted by atomic mass is 79.9. The zero-order chi connectivity index (χ0) is 15.2. The lowest BCUT2D eigenvalue weighted by Crippen LogP contribution is -2.11. The minimum absolute atomic E-state index is 0.00576. The van der Waals surface area contributed by atoms with Gasteiger partial charge < -0.3 is 14.2 Å². The molecule has 0 aliphatic carbocycles. The van der Waals surface area contributed by atoms with Gasteiger partial charge in [-0.25, -0.2) is 0 Å². The van der Waals surface area contributed by atoms with E-state index in [-0.39, 0.29) is 17.8 Å². The molecule has 1 aromatic carbocycles. The molecule has 0 fully saturated rings. The van der Waals surface area contributed by atoms with Crippen LogP contribution in [0.1, 0.15) is 11.7 Å². The number of aromatic nitrogens is 2. The van der Waals surface area contributed by atoms with Crippen LogP contribution in [0.3, 0.4) is 0 Å². The van der Waals surface area contributed by atoms with Crippen LogP contribution in [0.5, 0.6) is 17.8 Å². The fourth-order valence-corrected chi connectivity index (χ4v) is 1.85. The molecule has 1 heterocycles. The molecule has 6 nitrogen and oxygen atoms in total. The van der Waals surface area contributed by atoms with Gasteiger partial charge in [-0.05, 0) is 17.7 Å². The van der Waals surface area contributed by atoms with Crippen molar-refractivity contribution in [1.29, 1.82) is 0 Å². The minimum Gasteiger partial charge on any atom is -0.481 e. The summed E-state index contributed by atoms with van der Waals surface area (Å²) in [5.74, 6) is 0.578. The minimum atomic E-state index is -0.810. The number of halogens is 1. The molecular formula is C14H13BrN2O4. The zero-order valence-corrected chi connectivity index (χ0v) is 13.0. The Balaban J connectivity index is 2.25. The molecule has 0 aliphatic rings. The van der Waals surface area contributed by atoms with Crippen molar-refractivity contribution in [2.75, 3.05) is 14.2 Å². The number of carbonyl (C=O) groups excluding carboxylic acids is 1. The highest BCUT2D eigenvalue weighted by molar-refractivity contribution is 9.10. The van der Waals surface area contributed by atoms with Crippen LogP contribution in [0.4, 0.5) is 0 Å². The van der Waals surface area contributed by atoms with Crippen LogP contribution in [-0.2, 0) is 4.79 Å². The van der Waals surface area contributed by atoms with Crippen LogP contribution in [0.15, 0.2) is 34.8 Å². The monoisotopic (exact) mass is 352 g/mol. The van der Waals surface area contributed by atoms with Gasteiger partial charge in [0, 0.05) is 4.47 Å². The van der Waals surface area contributed by atoms with Crippen LogP contribution in [-0.4, -0.2) is 30.5 Å². The van der Waals surface area contributed by atoms with Gasteiger partial charge in [0.2, 0.25) is 11.8 Å². The highest BCUT2D eigenvalue weighted by Crippen LogP contribution is 2.24. The third-order valence-corrected chi connectivity index (χ3v) is 3.16. The van der Waals surface area contributed by atoms with E-state index >= 15 is 0 Å². The van der Waals surface area contributed by atoms with Crippen molar-refractivity contribution >= 4 is 22.2 Å². The third kappa shape index (κ3) is 3.91. The van der Waals surface area contributed by atoms with E-state index in [2.05, 4.69) is 25.9 Å². The first-order chi connectivity index (χ1) is 10.2. The van der Waals surface area contributed by atoms with Gasteiger partial charge in [0.25, 0.3) is 0 Å². The predicted molar refractivity (Wildman–Crippen MR) is 78.7 cm³/mol. The second-order valence-corrected chi connectivity index (χ2v) is 4.88. The van der Waals surface area contributed by atoms with Crippen LogP contribution in [0.2, 0.25) is 0 Å². The Morgan fingerprint density at radius 2 is 1.67 bits per heavy atom. The quantitative estimate of drug-likeness (QED) is 0.744. The van der Waals surface area contributed by atoms with Gasteiger partial charge in [-0.3, -0.25) is 4.79 Å².